The van der Waals surface area contributed by atoms with E-state index in [1.807, 2.05) is 0 Å². The Labute approximate surface area is 148 Å². The van der Waals surface area contributed by atoms with Gasteiger partial charge in [0.2, 0.25) is 0 Å². The highest BCUT2D eigenvalue weighted by Gasteiger charge is 2.23. The molecule has 2 rings (SSSR count). The standard InChI is InChI=1S/C22H34FN/c1-2-4-18-7-11-20(12-8-18)15-16-21-13-9-19(10-14-21)5-3-6-22(23)17-24/h3,5-6,18-21H,2,4,7-16H2,1H3/b5-3+,22-6-/t18-,19-,20-,21-. The lowest BCUT2D eigenvalue weighted by Crippen LogP contribution is -2.17. The molecular weight excluding hydrogens is 297 g/mol. The fourth-order valence-electron chi connectivity index (χ4n) is 4.69. The number of hydrogen-bond acceptors (Lipinski definition) is 1. The lowest BCUT2D eigenvalue weighted by atomic mass is 9.75. The zero-order chi connectivity index (χ0) is 17.2. The molecule has 2 aliphatic rings. The summed E-state index contributed by atoms with van der Waals surface area (Å²) in [5, 5.41) is 8.39. The molecule has 2 saturated carbocycles. The van der Waals surface area contributed by atoms with Crippen LogP contribution in [0, 0.1) is 35.0 Å². The molecule has 0 radical (unpaired) electrons. The summed E-state index contributed by atoms with van der Waals surface area (Å²) in [7, 11) is 0. The first kappa shape index (κ1) is 19.2. The normalized spacial score (nSPS) is 32.0. The van der Waals surface area contributed by atoms with Gasteiger partial charge in [0, 0.05) is 0 Å². The maximum absolute atomic E-state index is 12.7. The predicted octanol–water partition coefficient (Wildman–Crippen LogP) is 7.11. The van der Waals surface area contributed by atoms with Crippen molar-refractivity contribution in [2.24, 2.45) is 23.7 Å². The van der Waals surface area contributed by atoms with Crippen LogP contribution in [0.25, 0.3) is 0 Å². The summed E-state index contributed by atoms with van der Waals surface area (Å²) < 4.78 is 12.7. The molecule has 0 saturated heterocycles. The van der Waals surface area contributed by atoms with Gasteiger partial charge in [-0.15, -0.1) is 0 Å². The van der Waals surface area contributed by atoms with Crippen LogP contribution >= 0.6 is 0 Å². The summed E-state index contributed by atoms with van der Waals surface area (Å²) in [5.41, 5.74) is 0. The lowest BCUT2D eigenvalue weighted by Gasteiger charge is -2.31. The molecular formula is C22H34FN. The van der Waals surface area contributed by atoms with Crippen molar-refractivity contribution in [3.63, 3.8) is 0 Å². The summed E-state index contributed by atoms with van der Waals surface area (Å²) in [6.07, 6.45) is 21.7. The molecule has 0 unspecified atom stereocenters. The third kappa shape index (κ3) is 6.80. The Morgan fingerprint density at radius 1 is 0.917 bits per heavy atom. The third-order valence-corrected chi connectivity index (χ3v) is 6.27. The zero-order valence-corrected chi connectivity index (χ0v) is 15.4. The highest BCUT2D eigenvalue weighted by molar-refractivity contribution is 5.19. The van der Waals surface area contributed by atoms with Gasteiger partial charge in [-0.1, -0.05) is 70.4 Å². The Kier molecular flexibility index (Phi) is 8.57. The average Bonchev–Trinajstić information content (AvgIpc) is 2.62. The van der Waals surface area contributed by atoms with Crippen LogP contribution in [0.3, 0.4) is 0 Å². The number of nitrogens with zero attached hydrogens (tertiary/aromatic N) is 1. The maximum atomic E-state index is 12.7. The minimum atomic E-state index is -0.700. The summed E-state index contributed by atoms with van der Waals surface area (Å²) in [4.78, 5) is 0. The van der Waals surface area contributed by atoms with E-state index in [1.54, 1.807) is 6.08 Å². The van der Waals surface area contributed by atoms with Crippen LogP contribution in [-0.4, -0.2) is 0 Å². The molecule has 0 amide bonds. The molecule has 2 heteroatoms. The second kappa shape index (κ2) is 10.7. The van der Waals surface area contributed by atoms with Gasteiger partial charge in [-0.2, -0.15) is 9.65 Å². The highest BCUT2D eigenvalue weighted by atomic mass is 19.1. The average molecular weight is 332 g/mol. The SMILES string of the molecule is CCC[C@H]1CC[C@H](CC[C@H]2CC[C@H](/C=C/C=C(\F)C#N)CC2)CC1. The van der Waals surface area contributed by atoms with Crippen molar-refractivity contribution in [3.8, 4) is 6.07 Å². The smallest absolute Gasteiger partial charge is 0.195 e. The fourth-order valence-corrected chi connectivity index (χ4v) is 4.69. The summed E-state index contributed by atoms with van der Waals surface area (Å²) in [5.74, 6) is 2.81. The minimum absolute atomic E-state index is 0.577. The molecule has 2 aliphatic carbocycles. The predicted molar refractivity (Wildman–Crippen MR) is 99.0 cm³/mol. The minimum Gasteiger partial charge on any atom is -0.195 e. The van der Waals surface area contributed by atoms with Crippen LogP contribution in [-0.2, 0) is 0 Å². The van der Waals surface area contributed by atoms with E-state index >= 15 is 0 Å². The van der Waals surface area contributed by atoms with Crippen molar-refractivity contribution >= 4 is 0 Å². The molecule has 2 fully saturated rings. The van der Waals surface area contributed by atoms with E-state index < -0.39 is 5.83 Å². The molecule has 0 atom stereocenters. The molecule has 1 nitrogen and oxygen atoms in total. The van der Waals surface area contributed by atoms with E-state index in [9.17, 15) is 4.39 Å². The molecule has 0 spiro atoms. The second-order valence-electron chi connectivity index (χ2n) is 8.04. The van der Waals surface area contributed by atoms with Gasteiger partial charge in [0.1, 0.15) is 6.07 Å². The number of halogens is 1. The number of rotatable bonds is 7. The molecule has 0 aliphatic heterocycles. The van der Waals surface area contributed by atoms with E-state index in [1.165, 1.54) is 89.2 Å². The first-order valence-corrected chi connectivity index (χ1v) is 10.1. The Hall–Kier alpha value is -1.10. The molecule has 0 bridgehead atoms. The van der Waals surface area contributed by atoms with Crippen LogP contribution in [0.5, 0.6) is 0 Å². The van der Waals surface area contributed by atoms with Crippen LogP contribution < -0.4 is 0 Å². The second-order valence-corrected chi connectivity index (χ2v) is 8.04. The van der Waals surface area contributed by atoms with Gasteiger partial charge in [0.05, 0.1) is 0 Å². The quantitative estimate of drug-likeness (QED) is 0.360. The van der Waals surface area contributed by atoms with Crippen molar-refractivity contribution in [3.05, 3.63) is 24.1 Å². The molecule has 0 aromatic rings. The summed E-state index contributed by atoms with van der Waals surface area (Å²) >= 11 is 0. The monoisotopic (exact) mass is 331 g/mol. The molecule has 0 aromatic carbocycles. The van der Waals surface area contributed by atoms with Gasteiger partial charge in [-0.3, -0.25) is 0 Å². The third-order valence-electron chi connectivity index (χ3n) is 6.27. The summed E-state index contributed by atoms with van der Waals surface area (Å²) in [6.45, 7) is 2.31. The van der Waals surface area contributed by atoms with Crippen molar-refractivity contribution in [2.75, 3.05) is 0 Å². The Morgan fingerprint density at radius 2 is 1.42 bits per heavy atom. The first-order valence-electron chi connectivity index (χ1n) is 10.1. The van der Waals surface area contributed by atoms with Crippen LogP contribution in [0.4, 0.5) is 4.39 Å². The number of hydrogen-bond donors (Lipinski definition) is 0. The van der Waals surface area contributed by atoms with Crippen molar-refractivity contribution in [1.29, 1.82) is 5.26 Å². The molecule has 0 heterocycles. The van der Waals surface area contributed by atoms with Crippen LogP contribution in [0.2, 0.25) is 0 Å². The van der Waals surface area contributed by atoms with Crippen molar-refractivity contribution in [1.82, 2.24) is 0 Å². The number of allylic oxidation sites excluding steroid dienone is 4. The van der Waals surface area contributed by atoms with Gasteiger partial charge in [-0.25, -0.2) is 0 Å². The van der Waals surface area contributed by atoms with Crippen LogP contribution in [0.15, 0.2) is 24.1 Å². The van der Waals surface area contributed by atoms with E-state index in [-0.39, 0.29) is 0 Å². The summed E-state index contributed by atoms with van der Waals surface area (Å²) in [6, 6.07) is 1.51. The molecule has 24 heavy (non-hydrogen) atoms. The van der Waals surface area contributed by atoms with Crippen molar-refractivity contribution in [2.45, 2.75) is 84.0 Å². The molecule has 134 valence electrons. The largest absolute Gasteiger partial charge is 0.199 e. The van der Waals surface area contributed by atoms with Gasteiger partial charge < -0.3 is 0 Å². The lowest BCUT2D eigenvalue weighted by molar-refractivity contribution is 0.221. The van der Waals surface area contributed by atoms with Gasteiger partial charge in [0.15, 0.2) is 5.83 Å². The topological polar surface area (TPSA) is 23.8 Å². The van der Waals surface area contributed by atoms with Crippen molar-refractivity contribution < 1.29 is 4.39 Å². The highest BCUT2D eigenvalue weighted by Crippen LogP contribution is 2.37. The van der Waals surface area contributed by atoms with Gasteiger partial charge in [-0.05, 0) is 55.4 Å². The Balaban J connectivity index is 1.59. The van der Waals surface area contributed by atoms with E-state index in [2.05, 4.69) is 13.0 Å². The Morgan fingerprint density at radius 3 is 1.92 bits per heavy atom. The fraction of sp³-hybridized carbons (Fsp3) is 0.773. The van der Waals surface area contributed by atoms with E-state index in [0.29, 0.717) is 5.92 Å². The molecule has 0 aromatic heterocycles. The molecule has 0 N–H and O–H groups in total. The van der Waals surface area contributed by atoms with Gasteiger partial charge in [0.25, 0.3) is 0 Å². The Bertz CT molecular complexity index is 443. The maximum Gasteiger partial charge on any atom is 0.199 e. The van der Waals surface area contributed by atoms with Crippen LogP contribution in [0.1, 0.15) is 84.0 Å². The van der Waals surface area contributed by atoms with E-state index in [4.69, 9.17) is 5.26 Å². The zero-order valence-electron chi connectivity index (χ0n) is 15.4. The number of nitriles is 1. The first-order chi connectivity index (χ1) is 11.7. The van der Waals surface area contributed by atoms with Gasteiger partial charge >= 0.3 is 0 Å². The van der Waals surface area contributed by atoms with E-state index in [0.717, 1.165) is 17.8 Å².